The van der Waals surface area contributed by atoms with Crippen molar-refractivity contribution in [3.05, 3.63) is 419 Å². The summed E-state index contributed by atoms with van der Waals surface area (Å²) in [6.45, 7) is 0. The van der Waals surface area contributed by atoms with Crippen LogP contribution in [0.25, 0.3) is 234 Å². The summed E-state index contributed by atoms with van der Waals surface area (Å²) in [6.07, 6.45) is 0. The summed E-state index contributed by atoms with van der Waals surface area (Å²) in [6, 6.07) is 143. The lowest BCUT2D eigenvalue weighted by atomic mass is 9.98. The van der Waals surface area contributed by atoms with Crippen molar-refractivity contribution in [2.45, 2.75) is 0 Å². The van der Waals surface area contributed by atoms with Gasteiger partial charge < -0.3 is 13.3 Å². The van der Waals surface area contributed by atoms with Gasteiger partial charge in [0.05, 0.1) is 0 Å². The zero-order chi connectivity index (χ0) is 81.5. The van der Waals surface area contributed by atoms with Gasteiger partial charge in [-0.3, -0.25) is 0 Å². The standard InChI is InChI=1S/3C37H23N3O/c1-3-10-24(11-4-1)35-38-36(25-12-5-2-6-13-25)40-37(39-35)29-15-9-14-26(23-29)27-18-20-30-28(22-27)19-21-32-31-16-7-8-17-33(31)41-34(30)32;1-3-10-25(11-4-1)35-38-36(26-12-5-2-6-13-26)40-37(39-35)29-15-9-14-27(22-29)28-19-18-24-20-21-31-30-16-7-8-17-33(30)41-34(31)32(24)23-28;1-3-9-26(10-4-1)35-38-36(27-11-5-2-6-12-27)40-37(39-35)28-18-15-24(16-19-28)29-20-17-25-21-22-31-30-13-7-8-14-33(30)41-34(31)32(25)23-29/h3*1-23H. The fraction of sp³-hybridized carbons (Fsp3) is 0. The molecule has 0 amide bonds. The van der Waals surface area contributed by atoms with Gasteiger partial charge in [0, 0.05) is 98.5 Å². The Morgan fingerprint density at radius 2 is 0.341 bits per heavy atom. The molecule has 12 nitrogen and oxygen atoms in total. The molecule has 0 fully saturated rings. The SMILES string of the molecule is c1ccc(-c2nc(-c3ccccc3)nc(-c3ccc(-c4ccc5ccc6c7ccccc7oc6c5c4)cc3)n2)cc1.c1ccc(-c2nc(-c3ccccc3)nc(-c3cccc(-c4ccc5c(ccc6c7ccccc7oc56)c4)c3)n2)cc1.c1ccc(-c2nc(-c3ccccc3)nc(-c3cccc(-c4ccc5ccc6c7ccccc7oc6c5c4)c3)n2)cc1. The lowest BCUT2D eigenvalue weighted by Gasteiger charge is -2.10. The molecule has 0 unspecified atom stereocenters. The van der Waals surface area contributed by atoms with Crippen LogP contribution in [-0.2, 0) is 0 Å². The molecule has 0 aliphatic carbocycles. The molecular formula is C111H69N9O3. The van der Waals surface area contributed by atoms with Crippen molar-refractivity contribution in [2.75, 3.05) is 0 Å². The molecule has 24 rings (SSSR count). The normalized spacial score (nSPS) is 11.4. The molecular weight excluding hydrogens is 1510 g/mol. The van der Waals surface area contributed by atoms with E-state index >= 15 is 0 Å². The van der Waals surface area contributed by atoms with E-state index in [9.17, 15) is 0 Å². The zero-order valence-electron chi connectivity index (χ0n) is 66.1. The Bertz CT molecular complexity index is 7930. The Labute approximate surface area is 706 Å². The molecule has 0 saturated heterocycles. The molecule has 123 heavy (non-hydrogen) atoms. The van der Waals surface area contributed by atoms with E-state index in [2.05, 4.69) is 200 Å². The number of furan rings is 3. The molecule has 18 aromatic carbocycles. The Kier molecular flexibility index (Phi) is 18.6. The molecule has 6 aromatic heterocycles. The van der Waals surface area contributed by atoms with Crippen LogP contribution in [-0.4, -0.2) is 44.9 Å². The third kappa shape index (κ3) is 14.3. The third-order valence-electron chi connectivity index (χ3n) is 22.6. The van der Waals surface area contributed by atoms with Crippen LogP contribution in [0.1, 0.15) is 0 Å². The highest BCUT2D eigenvalue weighted by Gasteiger charge is 2.21. The second kappa shape index (κ2) is 31.6. The molecule has 0 aliphatic heterocycles. The van der Waals surface area contributed by atoms with E-state index in [-0.39, 0.29) is 0 Å². The highest BCUT2D eigenvalue weighted by molar-refractivity contribution is 6.18. The van der Waals surface area contributed by atoms with Crippen LogP contribution in [0.5, 0.6) is 0 Å². The van der Waals surface area contributed by atoms with Gasteiger partial charge in [-0.15, -0.1) is 0 Å². The minimum Gasteiger partial charge on any atom is -0.455 e. The summed E-state index contributed by atoms with van der Waals surface area (Å²) < 4.78 is 18.9. The van der Waals surface area contributed by atoms with Gasteiger partial charge in [0.2, 0.25) is 0 Å². The van der Waals surface area contributed by atoms with E-state index in [0.717, 1.165) is 182 Å². The van der Waals surface area contributed by atoms with Crippen LogP contribution < -0.4 is 0 Å². The molecule has 0 saturated carbocycles. The van der Waals surface area contributed by atoms with Crippen molar-refractivity contribution in [3.8, 4) is 136 Å². The maximum atomic E-state index is 6.33. The smallest absolute Gasteiger partial charge is 0.164 e. The van der Waals surface area contributed by atoms with Crippen LogP contribution in [0.3, 0.4) is 0 Å². The summed E-state index contributed by atoms with van der Waals surface area (Å²) in [5.74, 6) is 5.85. The average molecular weight is 1580 g/mol. The molecule has 24 aromatic rings. The number of benzene rings is 18. The molecule has 0 spiro atoms. The predicted molar refractivity (Wildman–Crippen MR) is 499 cm³/mol. The number of para-hydroxylation sites is 3. The van der Waals surface area contributed by atoms with Crippen LogP contribution in [0.4, 0.5) is 0 Å². The van der Waals surface area contributed by atoms with Gasteiger partial charge in [0.15, 0.2) is 52.4 Å². The number of rotatable bonds is 12. The topological polar surface area (TPSA) is 155 Å². The first-order valence-corrected chi connectivity index (χ1v) is 40.9. The Morgan fingerprint density at radius 3 is 0.691 bits per heavy atom. The highest BCUT2D eigenvalue weighted by atomic mass is 16.3. The molecule has 6 heterocycles. The summed E-state index contributed by atoms with van der Waals surface area (Å²) in [7, 11) is 0. The van der Waals surface area contributed by atoms with Crippen LogP contribution >= 0.6 is 0 Å². The monoisotopic (exact) mass is 1580 g/mol. The van der Waals surface area contributed by atoms with E-state index in [0.29, 0.717) is 52.4 Å². The van der Waals surface area contributed by atoms with E-state index in [1.165, 1.54) is 0 Å². The first-order valence-electron chi connectivity index (χ1n) is 40.9. The fourth-order valence-corrected chi connectivity index (χ4v) is 16.4. The Morgan fingerprint density at radius 1 is 0.122 bits per heavy atom. The molecule has 576 valence electrons. The van der Waals surface area contributed by atoms with E-state index < -0.39 is 0 Å². The van der Waals surface area contributed by atoms with Gasteiger partial charge in [-0.2, -0.15) is 0 Å². The molecule has 0 radical (unpaired) electrons. The highest BCUT2D eigenvalue weighted by Crippen LogP contribution is 2.42. The second-order valence-electron chi connectivity index (χ2n) is 30.3. The Balaban J connectivity index is 0.000000110. The van der Waals surface area contributed by atoms with Crippen LogP contribution in [0.2, 0.25) is 0 Å². The molecule has 12 heteroatoms. The predicted octanol–water partition coefficient (Wildman–Crippen LogP) is 28.8. The largest absolute Gasteiger partial charge is 0.455 e. The van der Waals surface area contributed by atoms with Crippen LogP contribution in [0.15, 0.2) is 432 Å². The maximum absolute atomic E-state index is 6.33. The van der Waals surface area contributed by atoms with Gasteiger partial charge in [0.1, 0.15) is 33.5 Å². The van der Waals surface area contributed by atoms with Gasteiger partial charge in [0.25, 0.3) is 0 Å². The van der Waals surface area contributed by atoms with E-state index in [1.807, 2.05) is 218 Å². The minimum atomic E-state index is 0.639. The van der Waals surface area contributed by atoms with Crippen molar-refractivity contribution in [1.29, 1.82) is 0 Å². The Hall–Kier alpha value is -16.8. The summed E-state index contributed by atoms with van der Waals surface area (Å²) in [5, 5.41) is 13.6. The second-order valence-corrected chi connectivity index (χ2v) is 30.3. The van der Waals surface area contributed by atoms with Crippen LogP contribution in [0, 0.1) is 0 Å². The van der Waals surface area contributed by atoms with Gasteiger partial charge >= 0.3 is 0 Å². The third-order valence-corrected chi connectivity index (χ3v) is 22.6. The van der Waals surface area contributed by atoms with Crippen molar-refractivity contribution < 1.29 is 13.3 Å². The molecule has 0 N–H and O–H groups in total. The average Bonchev–Trinajstić information content (AvgIpc) is 1.63. The van der Waals surface area contributed by atoms with E-state index in [1.54, 1.807) is 0 Å². The van der Waals surface area contributed by atoms with Crippen molar-refractivity contribution in [1.82, 2.24) is 44.9 Å². The number of hydrogen-bond donors (Lipinski definition) is 0. The number of hydrogen-bond acceptors (Lipinski definition) is 12. The zero-order valence-corrected chi connectivity index (χ0v) is 66.1. The molecule has 0 bridgehead atoms. The lowest BCUT2D eigenvalue weighted by molar-refractivity contribution is 0.672. The lowest BCUT2D eigenvalue weighted by Crippen LogP contribution is -2.00. The van der Waals surface area contributed by atoms with Gasteiger partial charge in [-0.1, -0.05) is 346 Å². The maximum Gasteiger partial charge on any atom is 0.164 e. The van der Waals surface area contributed by atoms with E-state index in [4.69, 9.17) is 58.1 Å². The first-order chi connectivity index (χ1) is 60.9. The van der Waals surface area contributed by atoms with Gasteiger partial charge in [-0.05, 0) is 122 Å². The van der Waals surface area contributed by atoms with Crippen molar-refractivity contribution in [3.63, 3.8) is 0 Å². The van der Waals surface area contributed by atoms with Crippen molar-refractivity contribution >= 4 is 98.1 Å². The summed E-state index contributed by atoms with van der Waals surface area (Å²) in [4.78, 5) is 43.8. The minimum absolute atomic E-state index is 0.639. The van der Waals surface area contributed by atoms with Gasteiger partial charge in [-0.25, -0.2) is 44.9 Å². The summed E-state index contributed by atoms with van der Waals surface area (Å²) >= 11 is 0. The number of aromatic nitrogens is 9. The first kappa shape index (κ1) is 72.6. The quantitative estimate of drug-likeness (QED) is 0.114. The van der Waals surface area contributed by atoms with Crippen molar-refractivity contribution in [2.24, 2.45) is 0 Å². The molecule has 0 atom stereocenters. The molecule has 0 aliphatic rings. The summed E-state index contributed by atoms with van der Waals surface area (Å²) in [5.41, 5.74) is 20.7. The number of fused-ring (bicyclic) bond motifs is 15. The fourth-order valence-electron chi connectivity index (χ4n) is 16.4. The number of nitrogens with zero attached hydrogens (tertiary/aromatic N) is 9.